The minimum atomic E-state index is -0.577. The van der Waals surface area contributed by atoms with E-state index in [0.29, 0.717) is 24.8 Å². The zero-order valence-electron chi connectivity index (χ0n) is 11.0. The molecule has 0 aliphatic heterocycles. The molecule has 0 saturated heterocycles. The smallest absolute Gasteiger partial charge is 0.305 e. The Bertz CT molecular complexity index is 324. The summed E-state index contributed by atoms with van der Waals surface area (Å²) in [5, 5.41) is 9.86. The Morgan fingerprint density at radius 2 is 2.06 bits per heavy atom. The number of aliphatic hydroxyl groups excluding tert-OH is 1. The van der Waals surface area contributed by atoms with E-state index < -0.39 is 6.10 Å². The van der Waals surface area contributed by atoms with Gasteiger partial charge in [0.25, 0.3) is 0 Å². The van der Waals surface area contributed by atoms with Gasteiger partial charge in [0.15, 0.2) is 0 Å². The van der Waals surface area contributed by atoms with Crippen molar-refractivity contribution in [2.45, 2.75) is 39.2 Å². The summed E-state index contributed by atoms with van der Waals surface area (Å²) in [4.78, 5) is 11.1. The van der Waals surface area contributed by atoms with Crippen LogP contribution in [-0.2, 0) is 9.53 Å². The second kappa shape index (κ2) is 7.88. The molecule has 0 aliphatic carbocycles. The quantitative estimate of drug-likeness (QED) is 0.421. The van der Waals surface area contributed by atoms with Crippen LogP contribution in [0.2, 0.25) is 0 Å². The minimum absolute atomic E-state index is 0.104. The highest BCUT2D eigenvalue weighted by Gasteiger charge is 2.17. The van der Waals surface area contributed by atoms with Gasteiger partial charge in [0, 0.05) is 6.42 Å². The molecule has 1 unspecified atom stereocenters. The molecule has 2 atom stereocenters. The normalized spacial score (nSPS) is 13.4. The van der Waals surface area contributed by atoms with Crippen molar-refractivity contribution in [3.63, 3.8) is 0 Å². The summed E-state index contributed by atoms with van der Waals surface area (Å²) in [6.07, 6.45) is 0.953. The number of allylic oxidation sites excluding steroid dienone is 1. The Kier molecular flexibility index (Phi) is 7.27. The van der Waals surface area contributed by atoms with Crippen LogP contribution < -0.4 is 0 Å². The number of hydrogen-bond acceptors (Lipinski definition) is 3. The van der Waals surface area contributed by atoms with Gasteiger partial charge >= 0.3 is 5.97 Å². The maximum atomic E-state index is 11.1. The van der Waals surface area contributed by atoms with Gasteiger partial charge in [-0.3, -0.25) is 4.79 Å². The van der Waals surface area contributed by atoms with Crippen molar-refractivity contribution in [2.24, 2.45) is 5.92 Å². The highest BCUT2D eigenvalue weighted by Crippen LogP contribution is 2.23. The summed E-state index contributed by atoms with van der Waals surface area (Å²) >= 11 is 0. The summed E-state index contributed by atoms with van der Waals surface area (Å²) < 4.78 is 4.60. The van der Waals surface area contributed by atoms with Gasteiger partial charge in [0.2, 0.25) is 0 Å². The Hall–Kier alpha value is -1.31. The molecule has 17 heavy (non-hydrogen) atoms. The lowest BCUT2D eigenvalue weighted by molar-refractivity contribution is -0.140. The lowest BCUT2D eigenvalue weighted by atomic mass is 9.89. The topological polar surface area (TPSA) is 46.5 Å². The van der Waals surface area contributed by atoms with Crippen molar-refractivity contribution < 1.29 is 14.6 Å². The van der Waals surface area contributed by atoms with Gasteiger partial charge in [-0.2, -0.15) is 0 Å². The first kappa shape index (κ1) is 15.7. The second-order valence-electron chi connectivity index (χ2n) is 4.27. The van der Waals surface area contributed by atoms with Gasteiger partial charge in [0.05, 0.1) is 13.2 Å². The standard InChI is InChI=1S/C14H22O3/c1-6-11(4)13(15)9-12(10(2)3)7-8-14(16)17-5/h12-13,15H,1-2,7-9H2,3-5H3/t12-,13?/m0/s1. The van der Waals surface area contributed by atoms with E-state index in [4.69, 9.17) is 0 Å². The molecule has 0 rings (SSSR count). The number of carbonyl (C=O) groups excluding carboxylic acids is 1. The fourth-order valence-electron chi connectivity index (χ4n) is 1.52. The number of rotatable bonds is 7. The largest absolute Gasteiger partial charge is 0.469 e. The van der Waals surface area contributed by atoms with Crippen LogP contribution >= 0.6 is 0 Å². The molecular weight excluding hydrogens is 216 g/mol. The molecule has 0 fully saturated rings. The van der Waals surface area contributed by atoms with E-state index in [2.05, 4.69) is 23.6 Å². The van der Waals surface area contributed by atoms with Crippen LogP contribution in [0, 0.1) is 5.92 Å². The average Bonchev–Trinajstić information content (AvgIpc) is 2.31. The van der Waals surface area contributed by atoms with Gasteiger partial charge < -0.3 is 9.84 Å². The van der Waals surface area contributed by atoms with E-state index >= 15 is 0 Å². The Labute approximate surface area is 103 Å². The summed E-state index contributed by atoms with van der Waals surface area (Å²) in [5.74, 6) is -0.130. The molecule has 0 aliphatic rings. The van der Waals surface area contributed by atoms with E-state index in [9.17, 15) is 9.90 Å². The van der Waals surface area contributed by atoms with E-state index in [1.807, 2.05) is 6.92 Å². The third kappa shape index (κ3) is 6.10. The van der Waals surface area contributed by atoms with Crippen LogP contribution in [0.5, 0.6) is 0 Å². The van der Waals surface area contributed by atoms with Crippen molar-refractivity contribution in [3.8, 4) is 0 Å². The zero-order valence-corrected chi connectivity index (χ0v) is 11.0. The molecule has 96 valence electrons. The Balaban J connectivity index is 4.40. The first-order chi connectivity index (χ1) is 7.92. The van der Waals surface area contributed by atoms with Crippen molar-refractivity contribution in [3.05, 3.63) is 30.0 Å². The first-order valence-electron chi connectivity index (χ1n) is 5.69. The molecule has 0 aromatic carbocycles. The summed E-state index contributed by atoms with van der Waals surface area (Å²) in [7, 11) is 1.37. The van der Waals surface area contributed by atoms with Crippen LogP contribution in [0.4, 0.5) is 0 Å². The molecule has 1 N–H and O–H groups in total. The van der Waals surface area contributed by atoms with Crippen LogP contribution in [0.25, 0.3) is 0 Å². The second-order valence-corrected chi connectivity index (χ2v) is 4.27. The molecule has 0 spiro atoms. The summed E-state index contributed by atoms with van der Waals surface area (Å²) in [6.45, 7) is 11.1. The molecule has 3 nitrogen and oxygen atoms in total. The Morgan fingerprint density at radius 1 is 1.47 bits per heavy atom. The lowest BCUT2D eigenvalue weighted by Gasteiger charge is -2.20. The van der Waals surface area contributed by atoms with Crippen molar-refractivity contribution >= 4 is 5.97 Å². The number of methoxy groups -OCH3 is 1. The Morgan fingerprint density at radius 3 is 2.47 bits per heavy atom. The third-order valence-electron chi connectivity index (χ3n) is 2.91. The number of ether oxygens (including phenoxy) is 1. The van der Waals surface area contributed by atoms with Crippen LogP contribution in [0.3, 0.4) is 0 Å². The molecule has 0 aromatic rings. The van der Waals surface area contributed by atoms with Crippen molar-refractivity contribution in [1.29, 1.82) is 0 Å². The van der Waals surface area contributed by atoms with E-state index in [-0.39, 0.29) is 11.9 Å². The maximum absolute atomic E-state index is 11.1. The number of esters is 1. The predicted molar refractivity (Wildman–Crippen MR) is 68.5 cm³/mol. The lowest BCUT2D eigenvalue weighted by Crippen LogP contribution is -2.16. The summed E-state index contributed by atoms with van der Waals surface area (Å²) in [5.41, 5.74) is 4.36. The molecule has 3 heteroatoms. The zero-order chi connectivity index (χ0) is 13.4. The van der Waals surface area contributed by atoms with E-state index in [0.717, 1.165) is 5.57 Å². The van der Waals surface area contributed by atoms with Gasteiger partial charge in [-0.05, 0) is 38.2 Å². The third-order valence-corrected chi connectivity index (χ3v) is 2.91. The highest BCUT2D eigenvalue weighted by atomic mass is 16.5. The molecule has 0 heterocycles. The maximum Gasteiger partial charge on any atom is 0.305 e. The van der Waals surface area contributed by atoms with Crippen LogP contribution in [-0.4, -0.2) is 24.3 Å². The van der Waals surface area contributed by atoms with Gasteiger partial charge in [-0.15, -0.1) is 5.73 Å². The van der Waals surface area contributed by atoms with E-state index in [1.54, 1.807) is 6.92 Å². The monoisotopic (exact) mass is 238 g/mol. The van der Waals surface area contributed by atoms with Gasteiger partial charge in [0.1, 0.15) is 0 Å². The fourth-order valence-corrected chi connectivity index (χ4v) is 1.52. The molecule has 0 bridgehead atoms. The van der Waals surface area contributed by atoms with E-state index in [1.165, 1.54) is 7.11 Å². The highest BCUT2D eigenvalue weighted by molar-refractivity contribution is 5.69. The molecular formula is C14H22O3. The number of aliphatic hydroxyl groups is 1. The van der Waals surface area contributed by atoms with Gasteiger partial charge in [-0.1, -0.05) is 18.7 Å². The molecule has 0 aromatic heterocycles. The first-order valence-corrected chi connectivity index (χ1v) is 5.69. The van der Waals surface area contributed by atoms with Crippen molar-refractivity contribution in [2.75, 3.05) is 7.11 Å². The molecule has 0 radical (unpaired) electrons. The van der Waals surface area contributed by atoms with Crippen molar-refractivity contribution in [1.82, 2.24) is 0 Å². The predicted octanol–water partition coefficient (Wildman–Crippen LogP) is 2.61. The fraction of sp³-hybridized carbons (Fsp3) is 0.571. The SMILES string of the molecule is C=C=C(C)C(O)C[C@H](CCC(=O)OC)C(=C)C. The summed E-state index contributed by atoms with van der Waals surface area (Å²) in [6, 6.07) is 0. The number of hydrogen-bond donors (Lipinski definition) is 1. The van der Waals surface area contributed by atoms with Crippen LogP contribution in [0.15, 0.2) is 30.0 Å². The number of carbonyl (C=O) groups is 1. The van der Waals surface area contributed by atoms with Gasteiger partial charge in [-0.25, -0.2) is 0 Å². The van der Waals surface area contributed by atoms with Crippen LogP contribution in [0.1, 0.15) is 33.1 Å². The molecule has 0 saturated carbocycles. The minimum Gasteiger partial charge on any atom is -0.469 e. The molecule has 0 amide bonds. The average molecular weight is 238 g/mol.